The van der Waals surface area contributed by atoms with Gasteiger partial charge in [0, 0.05) is 5.56 Å². The zero-order valence-electron chi connectivity index (χ0n) is 11.3. The van der Waals surface area contributed by atoms with E-state index in [0.29, 0.717) is 24.1 Å². The first-order valence-corrected chi connectivity index (χ1v) is 6.42. The average molecular weight is 282 g/mol. The molecule has 0 saturated heterocycles. The van der Waals surface area contributed by atoms with Crippen LogP contribution in [0.25, 0.3) is 23.0 Å². The summed E-state index contributed by atoms with van der Waals surface area (Å²) in [7, 11) is 0. The molecule has 1 N–H and O–H groups in total. The third-order valence-electron chi connectivity index (χ3n) is 2.78. The van der Waals surface area contributed by atoms with Gasteiger partial charge in [-0.25, -0.2) is 0 Å². The molecule has 3 aromatic rings. The van der Waals surface area contributed by atoms with Crippen molar-refractivity contribution in [1.82, 2.24) is 4.98 Å². The van der Waals surface area contributed by atoms with Crippen LogP contribution in [0.5, 0.6) is 5.95 Å². The summed E-state index contributed by atoms with van der Waals surface area (Å²) >= 11 is 0. The summed E-state index contributed by atoms with van der Waals surface area (Å²) in [4.78, 5) is 7.17. The Morgan fingerprint density at radius 3 is 2.86 bits per heavy atom. The summed E-state index contributed by atoms with van der Waals surface area (Å²) in [5.74, 6) is 0.951. The van der Waals surface area contributed by atoms with Gasteiger partial charge in [-0.3, -0.25) is 0 Å². The standard InChI is InChI=1S/C15H11N3O3/c1-2-19-15-11(8-16)17-14(21-15)12-9-20-13(18-12)10-6-4-3-5-7-10/h3-7,9H,2H2,1H3/p+1. The Kier molecular flexibility index (Phi) is 3.39. The van der Waals surface area contributed by atoms with Gasteiger partial charge in [0.05, 0.1) is 6.61 Å². The van der Waals surface area contributed by atoms with Gasteiger partial charge in [-0.1, -0.05) is 18.2 Å². The number of aromatic nitrogens is 2. The molecular weight excluding hydrogens is 270 g/mol. The maximum absolute atomic E-state index is 9.02. The van der Waals surface area contributed by atoms with E-state index >= 15 is 0 Å². The van der Waals surface area contributed by atoms with Crippen LogP contribution >= 0.6 is 0 Å². The van der Waals surface area contributed by atoms with Crippen molar-refractivity contribution in [3.05, 3.63) is 42.3 Å². The lowest BCUT2D eigenvalue weighted by atomic mass is 10.2. The van der Waals surface area contributed by atoms with E-state index in [1.807, 2.05) is 43.3 Å². The number of hydrogen-bond acceptors (Lipinski definition) is 5. The number of nitrogens with zero attached hydrogens (tertiary/aromatic N) is 2. The molecule has 0 aliphatic rings. The number of hydrogen-bond donors (Lipinski definition) is 0. The van der Waals surface area contributed by atoms with Crippen molar-refractivity contribution in [3.63, 3.8) is 0 Å². The number of ether oxygens (including phenoxy) is 1. The molecule has 0 radical (unpaired) electrons. The van der Waals surface area contributed by atoms with Crippen LogP contribution in [0, 0.1) is 11.3 Å². The number of benzene rings is 1. The number of rotatable bonds is 4. The quantitative estimate of drug-likeness (QED) is 0.734. The first-order valence-electron chi connectivity index (χ1n) is 6.42. The molecule has 0 atom stereocenters. The third-order valence-corrected chi connectivity index (χ3v) is 2.78. The van der Waals surface area contributed by atoms with Gasteiger partial charge >= 0.3 is 17.5 Å². The van der Waals surface area contributed by atoms with Gasteiger partial charge in [-0.15, -0.1) is 0 Å². The molecular formula is C15H12N3O3+. The van der Waals surface area contributed by atoms with Crippen molar-refractivity contribution in [2.45, 2.75) is 6.92 Å². The molecule has 2 aromatic heterocycles. The molecule has 0 unspecified atom stereocenters. The van der Waals surface area contributed by atoms with Crippen LogP contribution in [0.2, 0.25) is 0 Å². The molecule has 0 bridgehead atoms. The smallest absolute Gasteiger partial charge is 0.405 e. The van der Waals surface area contributed by atoms with E-state index in [4.69, 9.17) is 18.8 Å². The highest BCUT2D eigenvalue weighted by atomic mass is 16.6. The van der Waals surface area contributed by atoms with Gasteiger partial charge in [-0.2, -0.15) is 15.2 Å². The van der Waals surface area contributed by atoms with E-state index in [1.165, 1.54) is 6.26 Å². The Hall–Kier alpha value is -3.07. The average Bonchev–Trinajstić information content (AvgIpc) is 3.15. The predicted octanol–water partition coefficient (Wildman–Crippen LogP) is 2.69. The van der Waals surface area contributed by atoms with Crippen molar-refractivity contribution in [2.75, 3.05) is 6.61 Å². The molecule has 0 aliphatic carbocycles. The SMILES string of the molecule is CCOc1oc(-c2coc(-c3ccccc3)n2)[nH+]c1C#N. The van der Waals surface area contributed by atoms with Crippen molar-refractivity contribution in [1.29, 1.82) is 5.26 Å². The number of nitrogens with one attached hydrogen (secondary N) is 1. The van der Waals surface area contributed by atoms with Crippen LogP contribution in [-0.2, 0) is 0 Å². The van der Waals surface area contributed by atoms with Gasteiger partial charge in [0.1, 0.15) is 6.26 Å². The topological polar surface area (TPSA) is 86.3 Å². The Labute approximate surface area is 120 Å². The second kappa shape index (κ2) is 5.51. The molecule has 6 heteroatoms. The highest BCUT2D eigenvalue weighted by Gasteiger charge is 2.25. The Balaban J connectivity index is 1.95. The summed E-state index contributed by atoms with van der Waals surface area (Å²) in [6.45, 7) is 2.22. The van der Waals surface area contributed by atoms with Gasteiger partial charge in [0.2, 0.25) is 11.6 Å². The number of aromatic amines is 1. The second-order valence-electron chi connectivity index (χ2n) is 4.17. The van der Waals surface area contributed by atoms with Gasteiger partial charge in [0.25, 0.3) is 0 Å². The number of nitriles is 1. The lowest BCUT2D eigenvalue weighted by molar-refractivity contribution is -0.373. The zero-order chi connectivity index (χ0) is 14.7. The van der Waals surface area contributed by atoms with Crippen LogP contribution in [0.3, 0.4) is 0 Å². The Morgan fingerprint density at radius 1 is 1.33 bits per heavy atom. The molecule has 104 valence electrons. The van der Waals surface area contributed by atoms with Gasteiger partial charge in [0.15, 0.2) is 6.07 Å². The molecule has 0 fully saturated rings. The Morgan fingerprint density at radius 2 is 2.14 bits per heavy atom. The zero-order valence-corrected chi connectivity index (χ0v) is 11.3. The van der Waals surface area contributed by atoms with E-state index in [-0.39, 0.29) is 11.6 Å². The van der Waals surface area contributed by atoms with Crippen LogP contribution in [0.4, 0.5) is 0 Å². The van der Waals surface area contributed by atoms with E-state index in [9.17, 15) is 0 Å². The number of oxazole rings is 2. The van der Waals surface area contributed by atoms with Crippen LogP contribution in [-0.4, -0.2) is 11.6 Å². The van der Waals surface area contributed by atoms with E-state index in [0.717, 1.165) is 5.56 Å². The van der Waals surface area contributed by atoms with Gasteiger partial charge < -0.3 is 13.6 Å². The van der Waals surface area contributed by atoms with Crippen molar-refractivity contribution in [2.24, 2.45) is 0 Å². The third kappa shape index (κ3) is 2.49. The molecule has 2 heterocycles. The summed E-state index contributed by atoms with van der Waals surface area (Å²) in [5.41, 5.74) is 1.55. The summed E-state index contributed by atoms with van der Waals surface area (Å²) in [5, 5.41) is 9.02. The van der Waals surface area contributed by atoms with Gasteiger partial charge in [-0.05, 0) is 19.1 Å². The maximum atomic E-state index is 9.02. The van der Waals surface area contributed by atoms with Crippen LogP contribution < -0.4 is 9.72 Å². The Bertz CT molecular complexity index is 784. The lowest BCUT2D eigenvalue weighted by Gasteiger charge is -1.92. The van der Waals surface area contributed by atoms with E-state index < -0.39 is 0 Å². The van der Waals surface area contributed by atoms with Crippen LogP contribution in [0.15, 0.2) is 45.4 Å². The summed E-state index contributed by atoms with van der Waals surface area (Å²) in [6.07, 6.45) is 1.47. The largest absolute Gasteiger partial charge is 0.460 e. The minimum absolute atomic E-state index is 0.152. The minimum atomic E-state index is 0.152. The highest BCUT2D eigenvalue weighted by molar-refractivity contribution is 5.56. The first-order chi connectivity index (χ1) is 10.3. The molecule has 0 saturated carbocycles. The molecule has 0 spiro atoms. The summed E-state index contributed by atoms with van der Waals surface area (Å²) in [6, 6.07) is 11.5. The molecule has 3 rings (SSSR count). The second-order valence-corrected chi connectivity index (χ2v) is 4.17. The van der Waals surface area contributed by atoms with E-state index in [1.54, 1.807) is 0 Å². The van der Waals surface area contributed by atoms with E-state index in [2.05, 4.69) is 9.97 Å². The fraction of sp³-hybridized carbons (Fsp3) is 0.133. The fourth-order valence-electron chi connectivity index (χ4n) is 1.85. The molecule has 6 nitrogen and oxygen atoms in total. The molecule has 0 amide bonds. The molecule has 1 aromatic carbocycles. The minimum Gasteiger partial charge on any atom is -0.460 e. The van der Waals surface area contributed by atoms with Crippen molar-refractivity contribution >= 4 is 0 Å². The summed E-state index contributed by atoms with van der Waals surface area (Å²) < 4.78 is 16.1. The number of H-pyrrole nitrogens is 1. The fourth-order valence-corrected chi connectivity index (χ4v) is 1.85. The first kappa shape index (κ1) is 12.9. The molecule has 0 aliphatic heterocycles. The highest BCUT2D eigenvalue weighted by Crippen LogP contribution is 2.26. The van der Waals surface area contributed by atoms with Crippen LogP contribution in [0.1, 0.15) is 12.6 Å². The normalized spacial score (nSPS) is 10.3. The molecule has 21 heavy (non-hydrogen) atoms. The van der Waals surface area contributed by atoms with Crippen molar-refractivity contribution in [3.8, 4) is 35.1 Å². The predicted molar refractivity (Wildman–Crippen MR) is 72.1 cm³/mol. The maximum Gasteiger partial charge on any atom is 0.405 e. The lowest BCUT2D eigenvalue weighted by Crippen LogP contribution is -2.06. The van der Waals surface area contributed by atoms with Crippen molar-refractivity contribution < 1.29 is 18.6 Å². The monoisotopic (exact) mass is 282 g/mol.